The molecular formula is C34H39N2O13S5+. The van der Waals surface area contributed by atoms with Crippen LogP contribution in [0.15, 0.2) is 77.4 Å². The molecule has 0 aromatic heterocycles. The molecule has 0 fully saturated rings. The molecule has 2 heterocycles. The van der Waals surface area contributed by atoms with Gasteiger partial charge >= 0.3 is 5.97 Å². The average Bonchev–Trinajstić information content (AvgIpc) is 3.42. The predicted octanol–water partition coefficient (Wildman–Crippen LogP) is 4.03. The zero-order chi connectivity index (χ0) is 39.7. The van der Waals surface area contributed by atoms with Gasteiger partial charge in [-0.1, -0.05) is 24.3 Å². The van der Waals surface area contributed by atoms with Gasteiger partial charge in [0.25, 0.3) is 10.1 Å². The van der Waals surface area contributed by atoms with Crippen LogP contribution in [0.5, 0.6) is 0 Å². The molecule has 3 aromatic carbocycles. The molecule has 5 rings (SSSR count). The van der Waals surface area contributed by atoms with E-state index in [4.69, 9.17) is 0 Å². The first-order valence-electron chi connectivity index (χ1n) is 16.3. The molecule has 2 aliphatic rings. The normalized spacial score (nSPS) is 22.9. The Hall–Kier alpha value is -3.31. The van der Waals surface area contributed by atoms with Gasteiger partial charge in [-0.25, -0.2) is 21.6 Å². The lowest BCUT2D eigenvalue weighted by Gasteiger charge is -2.29. The number of nitrogens with zero attached hydrogens (tertiary/aromatic N) is 2. The molecule has 0 saturated carbocycles. The summed E-state index contributed by atoms with van der Waals surface area (Å²) in [4.78, 5) is 13.9. The maximum Gasteiger partial charge on any atom is 0.335 e. The Balaban J connectivity index is 1.75. The number of benzene rings is 3. The molecule has 20 heteroatoms. The third-order valence-corrected chi connectivity index (χ3v) is 13.3. The van der Waals surface area contributed by atoms with E-state index in [1.807, 2.05) is 4.90 Å². The number of anilines is 1. The van der Waals surface area contributed by atoms with E-state index < -0.39 is 77.0 Å². The topological polar surface area (TPSA) is 247 Å². The Labute approximate surface area is 321 Å². The van der Waals surface area contributed by atoms with Gasteiger partial charge in [-0.15, -0.1) is 0 Å². The number of carboxylic acids is 1. The number of aromatic carboxylic acids is 1. The number of hydrogen-bond donors (Lipinski definition) is 6. The third kappa shape index (κ3) is 8.72. The quantitative estimate of drug-likeness (QED) is 0.0678. The molecule has 0 radical (unpaired) electrons. The molecule has 0 spiro atoms. The summed E-state index contributed by atoms with van der Waals surface area (Å²) in [5, 5.41) is 11.0. The van der Waals surface area contributed by atoms with Crippen molar-refractivity contribution in [2.45, 2.75) is 42.4 Å². The third-order valence-electron chi connectivity index (χ3n) is 9.65. The summed E-state index contributed by atoms with van der Waals surface area (Å²) < 4.78 is 124. The van der Waals surface area contributed by atoms with Crippen molar-refractivity contribution < 1.29 is 62.5 Å². The van der Waals surface area contributed by atoms with E-state index in [0.717, 1.165) is 0 Å². The first kappa shape index (κ1) is 41.8. The molecule has 6 unspecified atom stereocenters. The summed E-state index contributed by atoms with van der Waals surface area (Å²) in [5.74, 6) is -2.57. The second-order valence-electron chi connectivity index (χ2n) is 13.3. The van der Waals surface area contributed by atoms with E-state index in [0.29, 0.717) is 44.7 Å². The largest absolute Gasteiger partial charge is 0.478 e. The van der Waals surface area contributed by atoms with Crippen LogP contribution in [0.3, 0.4) is 0 Å². The van der Waals surface area contributed by atoms with E-state index in [9.17, 15) is 57.9 Å². The standard InChI is InChI=1S/C34H38N2O13S5/c1-33(20-52(43)44)29(35(14-4-16-50(39)40)27-13-10-22-8-11-24(53(45)46)19-25(22)31(27)33)6-3-7-30-34(2,21-54(47,48)49)26-12-9-23(32(37)38)18-28(26)36(30)15-5-17-51(41)42/h3,6-13,18-19H,4-5,14-17,20-21H2,1-2H3,(H5-,37,38,39,40,41,42,43,44,45,46,47,48,49)/p+1. The Morgan fingerprint density at radius 2 is 1.56 bits per heavy atom. The molecule has 6 atom stereocenters. The van der Waals surface area contributed by atoms with Gasteiger partial charge in [-0.05, 0) is 66.9 Å². The van der Waals surface area contributed by atoms with Gasteiger partial charge in [-0.2, -0.15) is 13.0 Å². The first-order chi connectivity index (χ1) is 25.3. The van der Waals surface area contributed by atoms with E-state index in [1.54, 1.807) is 54.9 Å². The number of carbonyl (C=O) groups is 1. The number of hydrogen-bond acceptors (Lipinski definition) is 8. The summed E-state index contributed by atoms with van der Waals surface area (Å²) >= 11 is -8.98. The molecule has 15 nitrogen and oxygen atoms in total. The second kappa shape index (κ2) is 16.4. The zero-order valence-electron chi connectivity index (χ0n) is 29.0. The van der Waals surface area contributed by atoms with Crippen LogP contribution in [-0.2, 0) is 65.3 Å². The highest BCUT2D eigenvalue weighted by Crippen LogP contribution is 2.52. The summed E-state index contributed by atoms with van der Waals surface area (Å²) in [6.07, 6.45) is 5.16. The minimum Gasteiger partial charge on any atom is -0.478 e. The molecule has 2 aliphatic heterocycles. The SMILES string of the molecule is CC1(CS(=O)(=O)O)C(/C=C/C=C2/N(CCCS(=O)O)c3ccc4ccc(S(=O)O)cc4c3C2(C)CS(=O)O)=[N+](CCCS(=O)O)c2cc(C(=O)O)ccc21. The second-order valence-corrected chi connectivity index (χ2v) is 18.8. The zero-order valence-corrected chi connectivity index (χ0v) is 33.1. The van der Waals surface area contributed by atoms with Gasteiger partial charge in [0, 0.05) is 47.5 Å². The van der Waals surface area contributed by atoms with Crippen LogP contribution < -0.4 is 4.90 Å². The minimum absolute atomic E-state index is 0.0668. The van der Waals surface area contributed by atoms with Crippen molar-refractivity contribution >= 4 is 88.3 Å². The Morgan fingerprint density at radius 3 is 2.17 bits per heavy atom. The smallest absolute Gasteiger partial charge is 0.335 e. The maximum absolute atomic E-state index is 12.6. The summed E-state index contributed by atoms with van der Waals surface area (Å²) in [7, 11) is -4.65. The van der Waals surface area contributed by atoms with Crippen LogP contribution in [0.25, 0.3) is 10.8 Å². The molecule has 3 aromatic rings. The lowest BCUT2D eigenvalue weighted by atomic mass is 9.80. The summed E-state index contributed by atoms with van der Waals surface area (Å²) in [6, 6.07) is 12.4. The molecule has 0 saturated heterocycles. The van der Waals surface area contributed by atoms with Crippen LogP contribution in [-0.4, -0.2) is 105 Å². The number of carboxylic acid groups (broad SMARTS) is 1. The van der Waals surface area contributed by atoms with Gasteiger partial charge < -0.3 is 28.2 Å². The van der Waals surface area contributed by atoms with Crippen LogP contribution in [0.1, 0.15) is 48.2 Å². The van der Waals surface area contributed by atoms with E-state index >= 15 is 0 Å². The highest BCUT2D eigenvalue weighted by atomic mass is 32.2. The fourth-order valence-corrected chi connectivity index (χ4v) is 10.5. The molecule has 0 aliphatic carbocycles. The molecule has 0 bridgehead atoms. The van der Waals surface area contributed by atoms with Crippen LogP contribution in [0, 0.1) is 0 Å². The van der Waals surface area contributed by atoms with Crippen LogP contribution >= 0.6 is 0 Å². The lowest BCUT2D eigenvalue weighted by Crippen LogP contribution is -2.38. The van der Waals surface area contributed by atoms with Crippen molar-refractivity contribution in [3.63, 3.8) is 0 Å². The monoisotopic (exact) mass is 843 g/mol. The summed E-state index contributed by atoms with van der Waals surface area (Å²) in [6.45, 7) is 3.56. The number of allylic oxidation sites excluding steroid dienone is 4. The van der Waals surface area contributed by atoms with E-state index in [1.165, 1.54) is 30.3 Å². The van der Waals surface area contributed by atoms with Crippen molar-refractivity contribution in [1.29, 1.82) is 0 Å². The average molecular weight is 844 g/mol. The van der Waals surface area contributed by atoms with Crippen molar-refractivity contribution in [1.82, 2.24) is 0 Å². The van der Waals surface area contributed by atoms with Gasteiger partial charge in [0.05, 0.1) is 38.9 Å². The van der Waals surface area contributed by atoms with Crippen molar-refractivity contribution in [3.05, 3.63) is 89.1 Å². The Bertz CT molecular complexity index is 2330. The highest BCUT2D eigenvalue weighted by molar-refractivity contribution is 7.85. The Kier molecular flexibility index (Phi) is 12.7. The first-order valence-corrected chi connectivity index (χ1v) is 22.9. The lowest BCUT2D eigenvalue weighted by molar-refractivity contribution is -0.437. The van der Waals surface area contributed by atoms with Gasteiger partial charge in [0.1, 0.15) is 6.54 Å². The van der Waals surface area contributed by atoms with Gasteiger partial charge in [-0.3, -0.25) is 4.55 Å². The maximum atomic E-state index is 12.6. The minimum atomic E-state index is -4.65. The van der Waals surface area contributed by atoms with E-state index in [-0.39, 0.29) is 53.6 Å². The molecular weight excluding hydrogens is 805 g/mol. The molecule has 54 heavy (non-hydrogen) atoms. The molecule has 0 amide bonds. The molecule has 6 N–H and O–H groups in total. The van der Waals surface area contributed by atoms with Gasteiger partial charge in [0.15, 0.2) is 50.0 Å². The molecule has 292 valence electrons. The number of fused-ring (bicyclic) bond motifs is 4. The fourth-order valence-electron chi connectivity index (χ4n) is 7.54. The van der Waals surface area contributed by atoms with Crippen LogP contribution in [0.2, 0.25) is 0 Å². The van der Waals surface area contributed by atoms with Gasteiger partial charge in [0.2, 0.25) is 5.69 Å². The number of rotatable bonds is 16. The predicted molar refractivity (Wildman–Crippen MR) is 208 cm³/mol. The van der Waals surface area contributed by atoms with Crippen molar-refractivity contribution in [2.24, 2.45) is 0 Å². The van der Waals surface area contributed by atoms with Crippen LogP contribution in [0.4, 0.5) is 11.4 Å². The Morgan fingerprint density at radius 1 is 0.889 bits per heavy atom. The summed E-state index contributed by atoms with van der Waals surface area (Å²) in [5.41, 5.74) is -0.0919. The van der Waals surface area contributed by atoms with E-state index in [2.05, 4.69) is 0 Å². The van der Waals surface area contributed by atoms with Crippen molar-refractivity contribution in [3.8, 4) is 0 Å². The fraction of sp³-hybridized carbons (Fsp3) is 0.353. The highest BCUT2D eigenvalue weighted by Gasteiger charge is 2.51. The van der Waals surface area contributed by atoms with Crippen molar-refractivity contribution in [2.75, 3.05) is 41.0 Å².